The third-order valence-electron chi connectivity index (χ3n) is 6.62. The van der Waals surface area contributed by atoms with Gasteiger partial charge in [0.15, 0.2) is 9.84 Å². The maximum atomic E-state index is 13.4. The summed E-state index contributed by atoms with van der Waals surface area (Å²) in [4.78, 5) is 18.5. The molecule has 0 fully saturated rings. The van der Waals surface area contributed by atoms with Gasteiger partial charge in [-0.25, -0.2) is 13.4 Å². The smallest absolute Gasteiger partial charge is 0.232 e. The van der Waals surface area contributed by atoms with E-state index in [0.29, 0.717) is 22.5 Å². The van der Waals surface area contributed by atoms with Crippen LogP contribution < -0.4 is 10.1 Å². The molecule has 4 aromatic rings. The highest BCUT2D eigenvalue weighted by molar-refractivity contribution is 7.92. The van der Waals surface area contributed by atoms with Crippen LogP contribution in [-0.2, 0) is 14.6 Å². The van der Waals surface area contributed by atoms with Crippen LogP contribution >= 0.6 is 11.3 Å². The van der Waals surface area contributed by atoms with Crippen molar-refractivity contribution in [3.8, 4) is 22.9 Å². The molecule has 0 spiro atoms. The molecule has 0 radical (unpaired) electrons. The lowest BCUT2D eigenvalue weighted by atomic mass is 9.69. The standard InChI is InChI=1S/C27H26N4O4S2/c1-16(2)37(33,34)18-11-9-17(10-12-18)21-14-13-20-23(19-7-5-6-8-22(19)35-24(20)29-21)27(3,4)25(32)30-26-31-28-15-36-26/h5-16,23H,1-4H3,(H,30,31,32)/t23-/m0/s1. The van der Waals surface area contributed by atoms with Crippen molar-refractivity contribution in [1.82, 2.24) is 15.2 Å². The van der Waals surface area contributed by atoms with Gasteiger partial charge in [-0.3, -0.25) is 4.79 Å². The zero-order valence-electron chi connectivity index (χ0n) is 20.8. The maximum Gasteiger partial charge on any atom is 0.232 e. The van der Waals surface area contributed by atoms with Crippen molar-refractivity contribution >= 4 is 32.2 Å². The van der Waals surface area contributed by atoms with Gasteiger partial charge in [0.2, 0.25) is 16.9 Å². The van der Waals surface area contributed by atoms with E-state index in [2.05, 4.69) is 15.5 Å². The molecule has 8 nitrogen and oxygen atoms in total. The molecular formula is C27H26N4O4S2. The van der Waals surface area contributed by atoms with Crippen molar-refractivity contribution in [2.75, 3.05) is 5.32 Å². The van der Waals surface area contributed by atoms with Crippen LogP contribution in [0.4, 0.5) is 5.13 Å². The monoisotopic (exact) mass is 534 g/mol. The lowest BCUT2D eigenvalue weighted by molar-refractivity contribution is -0.124. The van der Waals surface area contributed by atoms with Gasteiger partial charge in [-0.1, -0.05) is 61.6 Å². The molecule has 190 valence electrons. The molecule has 1 aliphatic rings. The second-order valence-corrected chi connectivity index (χ2v) is 13.0. The molecule has 2 aromatic heterocycles. The highest BCUT2D eigenvalue weighted by atomic mass is 32.2. The molecule has 1 atom stereocenters. The third kappa shape index (κ3) is 4.51. The van der Waals surface area contributed by atoms with E-state index in [1.54, 1.807) is 43.6 Å². The number of benzene rings is 2. The van der Waals surface area contributed by atoms with Crippen molar-refractivity contribution in [1.29, 1.82) is 0 Å². The van der Waals surface area contributed by atoms with Crippen LogP contribution in [0.3, 0.4) is 0 Å². The number of carbonyl (C=O) groups excluding carboxylic acids is 1. The van der Waals surface area contributed by atoms with Crippen LogP contribution in [0.2, 0.25) is 0 Å². The topological polar surface area (TPSA) is 111 Å². The number of rotatable bonds is 6. The molecule has 0 bridgehead atoms. The Morgan fingerprint density at radius 3 is 2.43 bits per heavy atom. The van der Waals surface area contributed by atoms with Crippen molar-refractivity contribution in [3.05, 3.63) is 77.3 Å². The SMILES string of the molecule is CC(C)S(=O)(=O)c1ccc(-c2ccc3c(n2)Oc2ccccc2[C@@H]3C(C)(C)C(=O)Nc2nncs2)cc1. The van der Waals surface area contributed by atoms with Crippen LogP contribution in [0.25, 0.3) is 11.3 Å². The van der Waals surface area contributed by atoms with E-state index in [4.69, 9.17) is 9.72 Å². The Hall–Kier alpha value is -3.63. The van der Waals surface area contributed by atoms with E-state index in [9.17, 15) is 13.2 Å². The number of sulfone groups is 1. The summed E-state index contributed by atoms with van der Waals surface area (Å²) in [5.41, 5.74) is 3.78. The molecule has 1 N–H and O–H groups in total. The lowest BCUT2D eigenvalue weighted by Gasteiger charge is -2.37. The highest BCUT2D eigenvalue weighted by Gasteiger charge is 2.44. The van der Waals surface area contributed by atoms with Crippen molar-refractivity contribution < 1.29 is 17.9 Å². The molecule has 3 heterocycles. The molecule has 0 unspecified atom stereocenters. The fraction of sp³-hybridized carbons (Fsp3) is 0.259. The minimum Gasteiger partial charge on any atom is -0.438 e. The Morgan fingerprint density at radius 1 is 1.03 bits per heavy atom. The minimum atomic E-state index is -3.37. The van der Waals surface area contributed by atoms with E-state index in [0.717, 1.165) is 16.7 Å². The number of nitrogens with zero attached hydrogens (tertiary/aromatic N) is 3. The number of carbonyl (C=O) groups is 1. The summed E-state index contributed by atoms with van der Waals surface area (Å²) >= 11 is 1.26. The van der Waals surface area contributed by atoms with Gasteiger partial charge >= 0.3 is 0 Å². The third-order valence-corrected chi connectivity index (χ3v) is 9.40. The quantitative estimate of drug-likeness (QED) is 0.338. The number of ether oxygens (including phenoxy) is 1. The summed E-state index contributed by atoms with van der Waals surface area (Å²) in [6.07, 6.45) is 0. The van der Waals surface area contributed by atoms with Crippen LogP contribution in [0, 0.1) is 5.41 Å². The molecule has 1 amide bonds. The van der Waals surface area contributed by atoms with Gasteiger partial charge in [0.05, 0.1) is 21.3 Å². The predicted molar refractivity (Wildman–Crippen MR) is 143 cm³/mol. The maximum absolute atomic E-state index is 13.4. The van der Waals surface area contributed by atoms with E-state index in [1.165, 1.54) is 11.3 Å². The molecule has 0 saturated heterocycles. The van der Waals surface area contributed by atoms with Crippen LogP contribution in [0.5, 0.6) is 11.6 Å². The zero-order valence-corrected chi connectivity index (χ0v) is 22.4. The Kier molecular flexibility index (Phi) is 6.33. The molecule has 5 rings (SSSR count). The first-order valence-corrected chi connectivity index (χ1v) is 14.2. The number of pyridine rings is 1. The first kappa shape index (κ1) is 25.0. The first-order valence-electron chi connectivity index (χ1n) is 11.8. The van der Waals surface area contributed by atoms with Crippen molar-refractivity contribution in [2.24, 2.45) is 5.41 Å². The Balaban J connectivity index is 1.53. The molecule has 1 aliphatic heterocycles. The van der Waals surface area contributed by atoms with Gasteiger partial charge in [-0.05, 0) is 38.1 Å². The summed E-state index contributed by atoms with van der Waals surface area (Å²) < 4.78 is 31.2. The summed E-state index contributed by atoms with van der Waals surface area (Å²) in [7, 11) is -3.37. The summed E-state index contributed by atoms with van der Waals surface area (Å²) in [6, 6.07) is 18.1. The lowest BCUT2D eigenvalue weighted by Crippen LogP contribution is -2.38. The molecule has 2 aromatic carbocycles. The van der Waals surface area contributed by atoms with Crippen molar-refractivity contribution in [2.45, 2.75) is 43.8 Å². The molecular weight excluding hydrogens is 508 g/mol. The second kappa shape index (κ2) is 9.35. The normalized spacial score (nSPS) is 15.0. The number of anilines is 1. The number of aromatic nitrogens is 3. The number of hydrogen-bond acceptors (Lipinski definition) is 8. The number of fused-ring (bicyclic) bond motifs is 2. The highest BCUT2D eigenvalue weighted by Crippen LogP contribution is 2.52. The number of amides is 1. The van der Waals surface area contributed by atoms with Crippen LogP contribution in [-0.4, -0.2) is 34.8 Å². The number of para-hydroxylation sites is 1. The largest absolute Gasteiger partial charge is 0.438 e. The fourth-order valence-corrected chi connectivity index (χ4v) is 5.98. The average Bonchev–Trinajstić information content (AvgIpc) is 3.39. The zero-order chi connectivity index (χ0) is 26.4. The first-order chi connectivity index (χ1) is 17.6. The summed E-state index contributed by atoms with van der Waals surface area (Å²) in [5.74, 6) is 0.528. The molecule has 37 heavy (non-hydrogen) atoms. The van der Waals surface area contributed by atoms with Crippen molar-refractivity contribution in [3.63, 3.8) is 0 Å². The molecule has 0 saturated carbocycles. The van der Waals surface area contributed by atoms with Gasteiger partial charge in [0.1, 0.15) is 11.3 Å². The number of nitrogens with one attached hydrogen (secondary N) is 1. The second-order valence-electron chi connectivity index (χ2n) is 9.70. The minimum absolute atomic E-state index is 0.192. The van der Waals surface area contributed by atoms with E-state index >= 15 is 0 Å². The number of hydrogen-bond donors (Lipinski definition) is 1. The Morgan fingerprint density at radius 2 is 1.76 bits per heavy atom. The summed E-state index contributed by atoms with van der Waals surface area (Å²) in [6.45, 7) is 7.11. The molecule has 0 aliphatic carbocycles. The van der Waals surface area contributed by atoms with Gasteiger partial charge in [-0.2, -0.15) is 0 Å². The van der Waals surface area contributed by atoms with E-state index < -0.39 is 20.5 Å². The predicted octanol–water partition coefficient (Wildman–Crippen LogP) is 5.68. The van der Waals surface area contributed by atoms with Gasteiger partial charge in [0.25, 0.3) is 0 Å². The van der Waals surface area contributed by atoms with E-state index in [1.807, 2.05) is 50.2 Å². The van der Waals surface area contributed by atoms with Gasteiger partial charge in [-0.15, -0.1) is 10.2 Å². The van der Waals surface area contributed by atoms with Gasteiger partial charge in [0, 0.05) is 22.6 Å². The van der Waals surface area contributed by atoms with Gasteiger partial charge < -0.3 is 10.1 Å². The van der Waals surface area contributed by atoms with Crippen LogP contribution in [0.15, 0.2) is 71.1 Å². The Bertz CT molecular complexity index is 1560. The van der Waals surface area contributed by atoms with Crippen LogP contribution in [0.1, 0.15) is 44.7 Å². The Labute approximate surface area is 219 Å². The fourth-order valence-electron chi connectivity index (χ4n) is 4.48. The van der Waals surface area contributed by atoms with E-state index in [-0.39, 0.29) is 16.7 Å². The average molecular weight is 535 g/mol. The summed E-state index contributed by atoms with van der Waals surface area (Å²) in [5, 5.41) is 10.6. The molecule has 10 heteroatoms.